The van der Waals surface area contributed by atoms with Gasteiger partial charge in [0, 0.05) is 25.3 Å². The van der Waals surface area contributed by atoms with E-state index in [1.54, 1.807) is 12.1 Å². The standard InChI is InChI=1S/C24H21FN2O4/c1-26(2)18-11-7-15(8-12-18)21-20(22(28)16-5-9-17(25)10-6-16)23(29)24(30)27(21)14-19-4-3-13-31-19/h3-13,21,28H,14H2,1-2H3/t21-/m0/s1. The Morgan fingerprint density at radius 3 is 2.32 bits per heavy atom. The van der Waals surface area contributed by atoms with E-state index >= 15 is 0 Å². The first-order valence-corrected chi connectivity index (χ1v) is 9.71. The second-order valence-electron chi connectivity index (χ2n) is 7.50. The number of ketones is 1. The number of furan rings is 1. The first kappa shape index (κ1) is 20.4. The number of amides is 1. The Morgan fingerprint density at radius 1 is 1.06 bits per heavy atom. The number of Topliss-reactive ketones (excluding diaryl/α,β-unsaturated/α-hetero) is 1. The summed E-state index contributed by atoms with van der Waals surface area (Å²) in [6, 6.07) is 15.1. The van der Waals surface area contributed by atoms with Crippen LogP contribution in [0.3, 0.4) is 0 Å². The molecule has 2 aromatic carbocycles. The number of likely N-dealkylation sites (tertiary alicyclic amines) is 1. The van der Waals surface area contributed by atoms with E-state index in [9.17, 15) is 19.1 Å². The van der Waals surface area contributed by atoms with Crippen molar-refractivity contribution in [2.24, 2.45) is 0 Å². The predicted molar refractivity (Wildman–Crippen MR) is 114 cm³/mol. The Kier molecular flexibility index (Phi) is 5.33. The zero-order valence-corrected chi connectivity index (χ0v) is 17.1. The van der Waals surface area contributed by atoms with E-state index in [0.717, 1.165) is 5.69 Å². The van der Waals surface area contributed by atoms with Crippen LogP contribution < -0.4 is 4.90 Å². The molecule has 6 nitrogen and oxygen atoms in total. The van der Waals surface area contributed by atoms with Gasteiger partial charge in [-0.15, -0.1) is 0 Å². The molecule has 0 bridgehead atoms. The molecule has 2 heterocycles. The van der Waals surface area contributed by atoms with Gasteiger partial charge in [-0.2, -0.15) is 0 Å². The molecular weight excluding hydrogens is 399 g/mol. The van der Waals surface area contributed by atoms with Crippen LogP contribution in [0.15, 0.2) is 76.9 Å². The van der Waals surface area contributed by atoms with Gasteiger partial charge in [-0.1, -0.05) is 12.1 Å². The number of halogens is 1. The molecular formula is C24H21FN2O4. The van der Waals surface area contributed by atoms with E-state index in [-0.39, 0.29) is 23.4 Å². The number of benzene rings is 2. The maximum absolute atomic E-state index is 13.3. The number of hydrogen-bond acceptors (Lipinski definition) is 5. The summed E-state index contributed by atoms with van der Waals surface area (Å²) in [5, 5.41) is 10.9. The third-order valence-electron chi connectivity index (χ3n) is 5.29. The molecule has 158 valence electrons. The average molecular weight is 420 g/mol. The van der Waals surface area contributed by atoms with Crippen LogP contribution in [0, 0.1) is 5.82 Å². The fourth-order valence-corrected chi connectivity index (χ4v) is 3.68. The van der Waals surface area contributed by atoms with Crippen molar-refractivity contribution in [2.75, 3.05) is 19.0 Å². The van der Waals surface area contributed by atoms with Gasteiger partial charge in [-0.25, -0.2) is 4.39 Å². The number of aliphatic hydroxyl groups is 1. The smallest absolute Gasteiger partial charge is 0.296 e. The van der Waals surface area contributed by atoms with E-state index in [4.69, 9.17) is 4.42 Å². The van der Waals surface area contributed by atoms with Crippen molar-refractivity contribution < 1.29 is 23.5 Å². The summed E-state index contributed by atoms with van der Waals surface area (Å²) in [6.45, 7) is 0.0673. The second-order valence-corrected chi connectivity index (χ2v) is 7.50. The van der Waals surface area contributed by atoms with Gasteiger partial charge >= 0.3 is 0 Å². The van der Waals surface area contributed by atoms with Crippen LogP contribution in [0.4, 0.5) is 10.1 Å². The van der Waals surface area contributed by atoms with Gasteiger partial charge in [0.15, 0.2) is 0 Å². The summed E-state index contributed by atoms with van der Waals surface area (Å²) in [7, 11) is 3.82. The highest BCUT2D eigenvalue weighted by molar-refractivity contribution is 6.46. The van der Waals surface area contributed by atoms with Crippen molar-refractivity contribution in [3.63, 3.8) is 0 Å². The number of rotatable bonds is 5. The minimum atomic E-state index is -0.814. The molecule has 0 saturated carbocycles. The van der Waals surface area contributed by atoms with Crippen molar-refractivity contribution in [1.29, 1.82) is 0 Å². The fraction of sp³-hybridized carbons (Fsp3) is 0.167. The number of anilines is 1. The zero-order chi connectivity index (χ0) is 22.1. The number of carbonyl (C=O) groups is 2. The highest BCUT2D eigenvalue weighted by Crippen LogP contribution is 2.40. The van der Waals surface area contributed by atoms with Crippen LogP contribution in [-0.2, 0) is 16.1 Å². The molecule has 1 aliphatic heterocycles. The van der Waals surface area contributed by atoms with Crippen molar-refractivity contribution in [3.8, 4) is 0 Å². The summed E-state index contributed by atoms with van der Waals surface area (Å²) in [5.74, 6) is -1.83. The lowest BCUT2D eigenvalue weighted by molar-refractivity contribution is -0.140. The van der Waals surface area contributed by atoms with Gasteiger partial charge in [0.2, 0.25) is 0 Å². The van der Waals surface area contributed by atoms with Crippen LogP contribution >= 0.6 is 0 Å². The summed E-state index contributed by atoms with van der Waals surface area (Å²) in [5.41, 5.74) is 1.83. The van der Waals surface area contributed by atoms with E-state index in [1.165, 1.54) is 35.4 Å². The van der Waals surface area contributed by atoms with Crippen LogP contribution in [0.2, 0.25) is 0 Å². The van der Waals surface area contributed by atoms with E-state index in [1.807, 2.05) is 43.3 Å². The summed E-state index contributed by atoms with van der Waals surface area (Å²) in [6.07, 6.45) is 1.49. The Hall–Kier alpha value is -3.87. The molecule has 0 radical (unpaired) electrons. The normalized spacial score (nSPS) is 17.9. The first-order valence-electron chi connectivity index (χ1n) is 9.71. The topological polar surface area (TPSA) is 74.0 Å². The zero-order valence-electron chi connectivity index (χ0n) is 17.1. The van der Waals surface area contributed by atoms with E-state index < -0.39 is 23.5 Å². The third kappa shape index (κ3) is 3.82. The van der Waals surface area contributed by atoms with Crippen molar-refractivity contribution >= 4 is 23.1 Å². The molecule has 1 atom stereocenters. The molecule has 4 rings (SSSR count). The highest BCUT2D eigenvalue weighted by atomic mass is 19.1. The second kappa shape index (κ2) is 8.10. The lowest BCUT2D eigenvalue weighted by Gasteiger charge is -2.25. The average Bonchev–Trinajstić information content (AvgIpc) is 3.36. The molecule has 0 aliphatic carbocycles. The molecule has 1 N–H and O–H groups in total. The van der Waals surface area contributed by atoms with Crippen molar-refractivity contribution in [1.82, 2.24) is 4.90 Å². The quantitative estimate of drug-likeness (QED) is 0.382. The molecule has 7 heteroatoms. The van der Waals surface area contributed by atoms with Crippen molar-refractivity contribution in [2.45, 2.75) is 12.6 Å². The lowest BCUT2D eigenvalue weighted by Crippen LogP contribution is -2.29. The van der Waals surface area contributed by atoms with Crippen LogP contribution in [0.5, 0.6) is 0 Å². The van der Waals surface area contributed by atoms with Gasteiger partial charge in [-0.3, -0.25) is 9.59 Å². The Labute approximate surface area is 178 Å². The maximum Gasteiger partial charge on any atom is 0.296 e. The minimum Gasteiger partial charge on any atom is -0.507 e. The Balaban J connectivity index is 1.84. The summed E-state index contributed by atoms with van der Waals surface area (Å²) in [4.78, 5) is 29.2. The molecule has 1 aliphatic rings. The lowest BCUT2D eigenvalue weighted by atomic mass is 9.95. The molecule has 0 unspecified atom stereocenters. The molecule has 1 amide bonds. The van der Waals surface area contributed by atoms with E-state index in [2.05, 4.69) is 0 Å². The van der Waals surface area contributed by atoms with Gasteiger partial charge in [0.05, 0.1) is 24.4 Å². The molecule has 1 aromatic heterocycles. The highest BCUT2D eigenvalue weighted by Gasteiger charge is 2.46. The predicted octanol–water partition coefficient (Wildman–Crippen LogP) is 4.11. The van der Waals surface area contributed by atoms with Gasteiger partial charge in [-0.05, 0) is 54.1 Å². The molecule has 1 saturated heterocycles. The van der Waals surface area contributed by atoms with E-state index in [0.29, 0.717) is 11.3 Å². The minimum absolute atomic E-state index is 0.0410. The Bertz CT molecular complexity index is 1130. The van der Waals surface area contributed by atoms with Crippen LogP contribution in [-0.4, -0.2) is 35.8 Å². The largest absolute Gasteiger partial charge is 0.507 e. The third-order valence-corrected chi connectivity index (χ3v) is 5.29. The number of carbonyl (C=O) groups excluding carboxylic acids is 2. The summed E-state index contributed by atoms with van der Waals surface area (Å²) >= 11 is 0. The van der Waals surface area contributed by atoms with Crippen LogP contribution in [0.25, 0.3) is 5.76 Å². The van der Waals surface area contributed by atoms with Gasteiger partial charge < -0.3 is 19.3 Å². The van der Waals surface area contributed by atoms with Gasteiger partial charge in [0.1, 0.15) is 17.3 Å². The number of aliphatic hydroxyl groups excluding tert-OH is 1. The molecule has 1 fully saturated rings. The number of hydrogen-bond donors (Lipinski definition) is 1. The molecule has 0 spiro atoms. The van der Waals surface area contributed by atoms with Gasteiger partial charge in [0.25, 0.3) is 11.7 Å². The Morgan fingerprint density at radius 2 is 1.74 bits per heavy atom. The first-order chi connectivity index (χ1) is 14.9. The SMILES string of the molecule is CN(C)c1ccc([C@H]2C(=C(O)c3ccc(F)cc3)C(=O)C(=O)N2Cc2ccco2)cc1. The fourth-order valence-electron chi connectivity index (χ4n) is 3.68. The van der Waals surface area contributed by atoms with Crippen molar-refractivity contribution in [3.05, 3.63) is 95.2 Å². The summed E-state index contributed by atoms with van der Waals surface area (Å²) < 4.78 is 18.7. The molecule has 31 heavy (non-hydrogen) atoms. The van der Waals surface area contributed by atoms with Crippen LogP contribution in [0.1, 0.15) is 22.9 Å². The molecule has 3 aromatic rings. The maximum atomic E-state index is 13.3. The number of nitrogens with zero attached hydrogens (tertiary/aromatic N) is 2. The monoisotopic (exact) mass is 420 g/mol.